The highest BCUT2D eigenvalue weighted by Crippen LogP contribution is 2.32. The van der Waals surface area contributed by atoms with Crippen molar-refractivity contribution < 1.29 is 19.1 Å². The maximum Gasteiger partial charge on any atom is 0.280 e. The van der Waals surface area contributed by atoms with Crippen LogP contribution in [0, 0.1) is 0 Å². The molecule has 3 aliphatic rings. The van der Waals surface area contributed by atoms with E-state index in [1.54, 1.807) is 18.3 Å². The summed E-state index contributed by atoms with van der Waals surface area (Å²) in [6, 6.07) is 10.9. The van der Waals surface area contributed by atoms with Gasteiger partial charge in [0, 0.05) is 19.3 Å². The van der Waals surface area contributed by atoms with Crippen molar-refractivity contribution in [1.29, 1.82) is 0 Å². The molecule has 1 aromatic carbocycles. The minimum atomic E-state index is -0.279. The average Bonchev–Trinajstić information content (AvgIpc) is 2.99. The molecule has 0 radical (unpaired) electrons. The van der Waals surface area contributed by atoms with Gasteiger partial charge in [-0.05, 0) is 43.7 Å². The predicted molar refractivity (Wildman–Crippen MR) is 101 cm³/mol. The van der Waals surface area contributed by atoms with Crippen LogP contribution in [-0.4, -0.2) is 65.0 Å². The van der Waals surface area contributed by atoms with Crippen LogP contribution >= 0.6 is 0 Å². The molecule has 1 fully saturated rings. The van der Waals surface area contributed by atoms with E-state index in [0.717, 1.165) is 30.9 Å². The fourth-order valence-electron chi connectivity index (χ4n) is 4.26. The van der Waals surface area contributed by atoms with Crippen LogP contribution in [0.3, 0.4) is 0 Å². The summed E-state index contributed by atoms with van der Waals surface area (Å²) < 4.78 is 11.9. The molecule has 7 heteroatoms. The molecule has 0 saturated carbocycles. The highest BCUT2D eigenvalue weighted by molar-refractivity contribution is 6.20. The summed E-state index contributed by atoms with van der Waals surface area (Å²) in [5.41, 5.74) is 0.676. The summed E-state index contributed by atoms with van der Waals surface area (Å²) >= 11 is 0. The third kappa shape index (κ3) is 2.92. The zero-order chi connectivity index (χ0) is 19.1. The number of carbonyl (C=O) groups is 2. The van der Waals surface area contributed by atoms with Crippen molar-refractivity contribution in [2.75, 3.05) is 26.2 Å². The first-order valence-electron chi connectivity index (χ1n) is 9.64. The minimum absolute atomic E-state index is 0.0718. The van der Waals surface area contributed by atoms with Crippen LogP contribution in [-0.2, 0) is 0 Å². The Kier molecular flexibility index (Phi) is 4.24. The number of benzene rings is 1. The quantitative estimate of drug-likeness (QED) is 0.760. The molecule has 2 amide bonds. The Morgan fingerprint density at radius 2 is 1.93 bits per heavy atom. The largest absolute Gasteiger partial charge is 0.486 e. The molecule has 3 aliphatic heterocycles. The molecule has 5 rings (SSSR count). The van der Waals surface area contributed by atoms with Gasteiger partial charge >= 0.3 is 0 Å². The van der Waals surface area contributed by atoms with Gasteiger partial charge in [-0.1, -0.05) is 12.1 Å². The number of ether oxygens (including phenoxy) is 2. The van der Waals surface area contributed by atoms with Crippen molar-refractivity contribution in [2.24, 2.45) is 0 Å². The van der Waals surface area contributed by atoms with Crippen molar-refractivity contribution in [2.45, 2.75) is 25.0 Å². The molecule has 2 aromatic rings. The van der Waals surface area contributed by atoms with E-state index in [9.17, 15) is 9.59 Å². The van der Waals surface area contributed by atoms with Gasteiger partial charge in [0.1, 0.15) is 18.4 Å². The van der Waals surface area contributed by atoms with E-state index in [-0.39, 0.29) is 29.7 Å². The molecule has 7 nitrogen and oxygen atoms in total. The highest BCUT2D eigenvalue weighted by atomic mass is 16.6. The van der Waals surface area contributed by atoms with Crippen LogP contribution < -0.4 is 9.47 Å². The lowest BCUT2D eigenvalue weighted by molar-refractivity contribution is 0.0299. The molecule has 0 spiro atoms. The highest BCUT2D eigenvalue weighted by Gasteiger charge is 2.42. The molecule has 2 atom stereocenters. The van der Waals surface area contributed by atoms with Crippen molar-refractivity contribution in [3.63, 3.8) is 0 Å². The Labute approximate surface area is 162 Å². The summed E-state index contributed by atoms with van der Waals surface area (Å²) in [6.07, 6.45) is 3.22. The normalized spacial score (nSPS) is 24.4. The minimum Gasteiger partial charge on any atom is -0.486 e. The van der Waals surface area contributed by atoms with Gasteiger partial charge in [-0.3, -0.25) is 24.4 Å². The third-order valence-corrected chi connectivity index (χ3v) is 5.55. The summed E-state index contributed by atoms with van der Waals surface area (Å²) in [5, 5.41) is 0. The molecule has 28 heavy (non-hydrogen) atoms. The number of nitrogens with zero attached hydrogens (tertiary/aromatic N) is 3. The second kappa shape index (κ2) is 6.91. The van der Waals surface area contributed by atoms with E-state index in [1.165, 1.54) is 4.90 Å². The molecule has 0 bridgehead atoms. The van der Waals surface area contributed by atoms with Gasteiger partial charge in [0.05, 0.1) is 11.6 Å². The number of piperidine rings is 1. The number of fused-ring (bicyclic) bond motifs is 2. The standard InChI is InChI=1S/C21H21N3O4/c25-20-16-6-3-9-22-19(16)21(26)24(20)14-5-4-10-23(11-14)12-15-13-27-17-7-1-2-8-18(17)28-15/h1-3,6-9,14-15H,4-5,10-13H2/t14-,15-/m0/s1. The number of amides is 2. The van der Waals surface area contributed by atoms with Crippen LogP contribution in [0.15, 0.2) is 42.6 Å². The SMILES string of the molecule is O=C1c2cccnc2C(=O)N1[C@H]1CCCN(C[C@H]2COc3ccccc3O2)C1. The molecule has 1 aromatic heterocycles. The van der Waals surface area contributed by atoms with Crippen LogP contribution in [0.1, 0.15) is 33.7 Å². The van der Waals surface area contributed by atoms with Crippen molar-refractivity contribution in [1.82, 2.24) is 14.8 Å². The Balaban J connectivity index is 1.26. The number of para-hydroxylation sites is 2. The van der Waals surface area contributed by atoms with E-state index >= 15 is 0 Å². The number of hydrogen-bond acceptors (Lipinski definition) is 6. The van der Waals surface area contributed by atoms with E-state index in [0.29, 0.717) is 25.3 Å². The number of rotatable bonds is 3. The van der Waals surface area contributed by atoms with Gasteiger partial charge in [-0.15, -0.1) is 0 Å². The van der Waals surface area contributed by atoms with E-state index in [2.05, 4.69) is 9.88 Å². The second-order valence-electron chi connectivity index (χ2n) is 7.43. The van der Waals surface area contributed by atoms with Crippen LogP contribution in [0.2, 0.25) is 0 Å². The van der Waals surface area contributed by atoms with Crippen molar-refractivity contribution in [3.05, 3.63) is 53.9 Å². The molecule has 1 saturated heterocycles. The Morgan fingerprint density at radius 1 is 1.07 bits per heavy atom. The summed E-state index contributed by atoms with van der Waals surface area (Å²) in [7, 11) is 0. The van der Waals surface area contributed by atoms with E-state index < -0.39 is 0 Å². The first kappa shape index (κ1) is 17.2. The first-order chi connectivity index (χ1) is 13.7. The van der Waals surface area contributed by atoms with Crippen LogP contribution in [0.4, 0.5) is 0 Å². The lowest BCUT2D eigenvalue weighted by Crippen LogP contribution is -2.52. The number of hydrogen-bond donors (Lipinski definition) is 0. The van der Waals surface area contributed by atoms with Crippen LogP contribution in [0.5, 0.6) is 11.5 Å². The fraction of sp³-hybridized carbons (Fsp3) is 0.381. The van der Waals surface area contributed by atoms with Gasteiger partial charge in [-0.25, -0.2) is 0 Å². The first-order valence-corrected chi connectivity index (χ1v) is 9.64. The van der Waals surface area contributed by atoms with Crippen molar-refractivity contribution in [3.8, 4) is 11.5 Å². The molecule has 0 N–H and O–H groups in total. The van der Waals surface area contributed by atoms with E-state index in [4.69, 9.17) is 9.47 Å². The topological polar surface area (TPSA) is 72.0 Å². The maximum atomic E-state index is 12.7. The molecular weight excluding hydrogens is 358 g/mol. The van der Waals surface area contributed by atoms with E-state index in [1.807, 2.05) is 24.3 Å². The van der Waals surface area contributed by atoms with Gasteiger partial charge in [0.2, 0.25) is 0 Å². The smallest absolute Gasteiger partial charge is 0.280 e. The van der Waals surface area contributed by atoms with Gasteiger partial charge in [0.25, 0.3) is 11.8 Å². The summed E-state index contributed by atoms with van der Waals surface area (Å²) in [4.78, 5) is 33.2. The zero-order valence-electron chi connectivity index (χ0n) is 15.4. The molecule has 0 unspecified atom stereocenters. The lowest BCUT2D eigenvalue weighted by atomic mass is 10.0. The zero-order valence-corrected chi connectivity index (χ0v) is 15.4. The van der Waals surface area contributed by atoms with Crippen molar-refractivity contribution >= 4 is 11.8 Å². The third-order valence-electron chi connectivity index (χ3n) is 5.55. The summed E-state index contributed by atoms with van der Waals surface area (Å²) in [6.45, 7) is 2.76. The number of aromatic nitrogens is 1. The number of likely N-dealkylation sites (tertiary alicyclic amines) is 1. The lowest BCUT2D eigenvalue weighted by Gasteiger charge is -2.38. The average molecular weight is 379 g/mol. The fourth-order valence-corrected chi connectivity index (χ4v) is 4.26. The number of carbonyl (C=O) groups excluding carboxylic acids is 2. The van der Waals surface area contributed by atoms with Gasteiger partial charge in [-0.2, -0.15) is 0 Å². The molecule has 0 aliphatic carbocycles. The summed E-state index contributed by atoms with van der Waals surface area (Å²) in [5.74, 6) is 1.03. The number of pyridine rings is 1. The van der Waals surface area contributed by atoms with Gasteiger partial charge < -0.3 is 9.47 Å². The molecule has 4 heterocycles. The number of imide groups is 1. The van der Waals surface area contributed by atoms with Crippen LogP contribution in [0.25, 0.3) is 0 Å². The Hall–Kier alpha value is -2.93. The Morgan fingerprint density at radius 3 is 2.79 bits per heavy atom. The second-order valence-corrected chi connectivity index (χ2v) is 7.43. The molecular formula is C21H21N3O4. The monoisotopic (exact) mass is 379 g/mol. The maximum absolute atomic E-state index is 12.7. The molecule has 144 valence electrons. The predicted octanol–water partition coefficient (Wildman–Crippen LogP) is 1.98. The Bertz CT molecular complexity index is 896. The van der Waals surface area contributed by atoms with Gasteiger partial charge in [0.15, 0.2) is 11.5 Å².